The molecule has 2 aliphatic rings. The summed E-state index contributed by atoms with van der Waals surface area (Å²) >= 11 is 0. The second-order valence-electron chi connectivity index (χ2n) is 8.62. The van der Waals surface area contributed by atoms with E-state index >= 15 is 0 Å². The molecule has 5 rings (SSSR count). The summed E-state index contributed by atoms with van der Waals surface area (Å²) in [6, 6.07) is 14.4. The van der Waals surface area contributed by atoms with Gasteiger partial charge in [-0.25, -0.2) is 4.79 Å². The number of anilines is 1. The third kappa shape index (κ3) is 4.03. The average molecular weight is 483 g/mol. The lowest BCUT2D eigenvalue weighted by Crippen LogP contribution is -2.28. The predicted octanol–water partition coefficient (Wildman–Crippen LogP) is 5.61. The van der Waals surface area contributed by atoms with Crippen LogP contribution in [0.4, 0.5) is 14.5 Å². The number of nitrogens with one attached hydrogen (secondary N) is 1. The van der Waals surface area contributed by atoms with Gasteiger partial charge in [-0.3, -0.25) is 4.79 Å². The number of aromatic carboxylic acids is 1. The van der Waals surface area contributed by atoms with Gasteiger partial charge in [0.05, 0.1) is 18.1 Å². The number of aryl methyl sites for hydroxylation is 1. The molecule has 1 heterocycles. The van der Waals surface area contributed by atoms with Gasteiger partial charge in [-0.05, 0) is 78.9 Å². The molecule has 0 bridgehead atoms. The molecule has 0 saturated heterocycles. The number of hydrogen-bond acceptors (Lipinski definition) is 5. The van der Waals surface area contributed by atoms with Crippen LogP contribution in [-0.4, -0.2) is 30.4 Å². The summed E-state index contributed by atoms with van der Waals surface area (Å²) in [6.07, 6.45) is -2.59. The van der Waals surface area contributed by atoms with E-state index in [1.54, 1.807) is 24.3 Å². The Bertz CT molecular complexity index is 1370. The quantitative estimate of drug-likeness (QED) is 0.474. The second-order valence-corrected chi connectivity index (χ2v) is 8.62. The number of carboxylic acids is 1. The minimum Gasteiger partial charge on any atom is -0.496 e. The van der Waals surface area contributed by atoms with E-state index < -0.39 is 17.7 Å². The van der Waals surface area contributed by atoms with Gasteiger partial charge in [0.1, 0.15) is 5.75 Å². The van der Waals surface area contributed by atoms with Crippen LogP contribution in [0.25, 0.3) is 11.1 Å². The first-order valence-corrected chi connectivity index (χ1v) is 10.9. The highest BCUT2D eigenvalue weighted by atomic mass is 19.3. The molecule has 1 fully saturated rings. The van der Waals surface area contributed by atoms with Crippen molar-refractivity contribution in [1.29, 1.82) is 0 Å². The number of carbonyl (C=O) groups is 2. The number of rotatable bonds is 6. The topological polar surface area (TPSA) is 94.1 Å². The summed E-state index contributed by atoms with van der Waals surface area (Å²) in [4.78, 5) is 24.6. The molecule has 0 unspecified atom stereocenters. The molecular weight excluding hydrogens is 460 g/mol. The van der Waals surface area contributed by atoms with Crippen molar-refractivity contribution in [3.05, 3.63) is 71.3 Å². The maximum Gasteiger partial charge on any atom is 0.586 e. The Balaban J connectivity index is 0.00000304. The van der Waals surface area contributed by atoms with Crippen molar-refractivity contribution < 1.29 is 39.1 Å². The number of carboxylic acid groups (broad SMARTS) is 1. The Labute approximate surface area is 200 Å². The van der Waals surface area contributed by atoms with Gasteiger partial charge in [-0.1, -0.05) is 12.1 Å². The monoisotopic (exact) mass is 483 g/mol. The molecule has 182 valence electrons. The predicted molar refractivity (Wildman–Crippen MR) is 124 cm³/mol. The third-order valence-corrected chi connectivity index (χ3v) is 6.37. The molecule has 0 radical (unpaired) electrons. The number of hydrogen-bond donors (Lipinski definition) is 2. The molecule has 3 aromatic carbocycles. The Morgan fingerprint density at radius 3 is 2.43 bits per heavy atom. The summed E-state index contributed by atoms with van der Waals surface area (Å²) in [5, 5.41) is 12.2. The molecule has 7 nitrogen and oxygen atoms in total. The van der Waals surface area contributed by atoms with Crippen LogP contribution < -0.4 is 19.5 Å². The van der Waals surface area contributed by atoms with E-state index in [0.717, 1.165) is 11.1 Å². The van der Waals surface area contributed by atoms with Crippen molar-refractivity contribution in [1.82, 2.24) is 0 Å². The number of halogens is 2. The first-order chi connectivity index (χ1) is 16.6. The van der Waals surface area contributed by atoms with Crippen molar-refractivity contribution in [3.8, 4) is 28.4 Å². The summed E-state index contributed by atoms with van der Waals surface area (Å²) in [5.41, 5.74) is 2.73. The molecule has 1 amide bonds. The number of ether oxygens (including phenoxy) is 3. The molecule has 0 aromatic heterocycles. The average Bonchev–Trinajstić information content (AvgIpc) is 3.57. The normalized spacial score (nSPS) is 16.5. The van der Waals surface area contributed by atoms with E-state index in [0.29, 0.717) is 35.4 Å². The fourth-order valence-electron chi connectivity index (χ4n) is 4.31. The molecule has 3 aromatic rings. The molecule has 9 heteroatoms. The van der Waals surface area contributed by atoms with Crippen LogP contribution in [0.15, 0.2) is 54.6 Å². The van der Waals surface area contributed by atoms with Crippen LogP contribution in [0.2, 0.25) is 0 Å². The van der Waals surface area contributed by atoms with E-state index in [9.17, 15) is 23.5 Å². The van der Waals surface area contributed by atoms with Gasteiger partial charge in [0.15, 0.2) is 11.5 Å². The number of fused-ring (bicyclic) bond motifs is 1. The molecular formula is C26H23F2NO6. The highest BCUT2D eigenvalue weighted by molar-refractivity contribution is 6.02. The van der Waals surface area contributed by atoms with Crippen LogP contribution in [0.1, 0.15) is 35.8 Å². The van der Waals surface area contributed by atoms with Crippen LogP contribution >= 0.6 is 0 Å². The first kappa shape index (κ1) is 22.6. The van der Waals surface area contributed by atoms with E-state index in [4.69, 9.17) is 4.74 Å². The van der Waals surface area contributed by atoms with E-state index in [1.165, 1.54) is 31.4 Å². The molecule has 35 heavy (non-hydrogen) atoms. The van der Waals surface area contributed by atoms with Gasteiger partial charge in [0, 0.05) is 12.7 Å². The molecule has 2 N–H and O–H groups in total. The number of alkyl halides is 2. The van der Waals surface area contributed by atoms with Crippen LogP contribution in [0.5, 0.6) is 17.2 Å². The summed E-state index contributed by atoms with van der Waals surface area (Å²) in [5.74, 6) is -1.09. The van der Waals surface area contributed by atoms with Gasteiger partial charge in [-0.2, -0.15) is 0 Å². The standard InChI is InChI=1S/C26H21F2NO6.H2/c1-14-3-6-17(13-19(14)18-7-4-15(23(30)31)11-21(18)33-2)29-24(32)25(9-10-25)16-5-8-20-22(12-16)35-26(27,28)34-20;/h3-8,11-13H,9-10H2,1-2H3,(H,29,32)(H,30,31);1H. The molecule has 0 atom stereocenters. The van der Waals surface area contributed by atoms with Gasteiger partial charge in [0.25, 0.3) is 0 Å². The number of benzene rings is 3. The first-order valence-electron chi connectivity index (χ1n) is 10.9. The van der Waals surface area contributed by atoms with Gasteiger partial charge in [0.2, 0.25) is 5.91 Å². The molecule has 1 aliphatic heterocycles. The lowest BCUT2D eigenvalue weighted by Gasteiger charge is -2.18. The SMILES string of the molecule is COc1cc(C(=O)O)ccc1-c1cc(NC(=O)C2(c3ccc4c(c3)OC(F)(F)O4)CC2)ccc1C.[HH]. The van der Waals surface area contributed by atoms with Crippen molar-refractivity contribution in [2.75, 3.05) is 12.4 Å². The fourth-order valence-corrected chi connectivity index (χ4v) is 4.31. The van der Waals surface area contributed by atoms with Crippen LogP contribution in [0, 0.1) is 6.92 Å². The Hall–Kier alpha value is -4.14. The molecule has 0 spiro atoms. The van der Waals surface area contributed by atoms with Gasteiger partial charge >= 0.3 is 12.3 Å². The zero-order valence-corrected chi connectivity index (χ0v) is 18.9. The lowest BCUT2D eigenvalue weighted by atomic mass is 9.94. The minimum atomic E-state index is -3.72. The van der Waals surface area contributed by atoms with Gasteiger partial charge < -0.3 is 24.6 Å². The Morgan fingerprint density at radius 1 is 1.00 bits per heavy atom. The minimum absolute atomic E-state index is 0. The third-order valence-electron chi connectivity index (χ3n) is 6.37. The largest absolute Gasteiger partial charge is 0.586 e. The van der Waals surface area contributed by atoms with E-state index in [1.807, 2.05) is 13.0 Å². The van der Waals surface area contributed by atoms with Crippen LogP contribution in [-0.2, 0) is 10.2 Å². The smallest absolute Gasteiger partial charge is 0.496 e. The number of carbonyl (C=O) groups excluding carboxylic acids is 1. The second kappa shape index (κ2) is 7.97. The summed E-state index contributed by atoms with van der Waals surface area (Å²) < 4.78 is 41.2. The maximum absolute atomic E-state index is 13.4. The van der Waals surface area contributed by atoms with E-state index in [2.05, 4.69) is 14.8 Å². The van der Waals surface area contributed by atoms with E-state index in [-0.39, 0.29) is 24.4 Å². The molecule has 1 saturated carbocycles. The van der Waals surface area contributed by atoms with Crippen molar-refractivity contribution >= 4 is 17.6 Å². The Morgan fingerprint density at radius 2 is 1.74 bits per heavy atom. The fraction of sp³-hybridized carbons (Fsp3) is 0.231. The highest BCUT2D eigenvalue weighted by Crippen LogP contribution is 2.52. The molecule has 1 aliphatic carbocycles. The number of amides is 1. The lowest BCUT2D eigenvalue weighted by molar-refractivity contribution is -0.286. The zero-order valence-electron chi connectivity index (χ0n) is 18.9. The number of methoxy groups -OCH3 is 1. The summed E-state index contributed by atoms with van der Waals surface area (Å²) in [7, 11) is 1.46. The Kier molecular flexibility index (Phi) is 5.16. The van der Waals surface area contributed by atoms with Crippen LogP contribution in [0.3, 0.4) is 0 Å². The summed E-state index contributed by atoms with van der Waals surface area (Å²) in [6.45, 7) is 1.90. The highest BCUT2D eigenvalue weighted by Gasteiger charge is 2.52. The van der Waals surface area contributed by atoms with Crippen molar-refractivity contribution in [2.24, 2.45) is 0 Å². The van der Waals surface area contributed by atoms with Crippen molar-refractivity contribution in [2.45, 2.75) is 31.5 Å². The van der Waals surface area contributed by atoms with Crippen molar-refractivity contribution in [3.63, 3.8) is 0 Å². The van der Waals surface area contributed by atoms with Gasteiger partial charge in [-0.15, -0.1) is 8.78 Å². The zero-order chi connectivity index (χ0) is 25.0. The maximum atomic E-state index is 13.4.